The fraction of sp³-hybridized carbons (Fsp3) is 0.458. The molecule has 1 aromatic heterocycles. The molecule has 0 bridgehead atoms. The Morgan fingerprint density at radius 1 is 1.24 bits per heavy atom. The lowest BCUT2D eigenvalue weighted by molar-refractivity contribution is -0.136. The van der Waals surface area contributed by atoms with E-state index in [1.54, 1.807) is 11.6 Å². The minimum Gasteiger partial charge on any atom is -0.466 e. The van der Waals surface area contributed by atoms with Gasteiger partial charge in [0.2, 0.25) is 10.0 Å². The Labute approximate surface area is 228 Å². The second kappa shape index (κ2) is 12.2. The third-order valence-electron chi connectivity index (χ3n) is 6.61. The Morgan fingerprint density at radius 2 is 1.97 bits per heavy atom. The van der Waals surface area contributed by atoms with E-state index in [1.165, 1.54) is 31.6 Å². The molecule has 14 heteroatoms. The van der Waals surface area contributed by atoms with E-state index >= 15 is 0 Å². The quantitative estimate of drug-likeness (QED) is 0.260. The Kier molecular flexibility index (Phi) is 9.14. The van der Waals surface area contributed by atoms with Gasteiger partial charge in [-0.1, -0.05) is 17.7 Å². The van der Waals surface area contributed by atoms with Crippen molar-refractivity contribution >= 4 is 44.8 Å². The third kappa shape index (κ3) is 5.91. The molecule has 2 heterocycles. The highest BCUT2D eigenvalue weighted by molar-refractivity contribution is 7.90. The van der Waals surface area contributed by atoms with Crippen LogP contribution >= 0.6 is 22.9 Å². The van der Waals surface area contributed by atoms with Gasteiger partial charge in [0.1, 0.15) is 6.04 Å². The number of sulfonamides is 1. The van der Waals surface area contributed by atoms with Crippen LogP contribution in [0.2, 0.25) is 5.02 Å². The molecule has 0 saturated heterocycles. The molecule has 0 spiro atoms. The van der Waals surface area contributed by atoms with Gasteiger partial charge in [0, 0.05) is 36.5 Å². The molecule has 2 aromatic rings. The van der Waals surface area contributed by atoms with Crippen LogP contribution in [0.25, 0.3) is 0 Å². The lowest BCUT2D eigenvalue weighted by atomic mass is 9.82. The number of hydrogen-bond donors (Lipinski definition) is 2. The van der Waals surface area contributed by atoms with E-state index in [0.717, 1.165) is 6.07 Å². The molecule has 2 N–H and O–H groups in total. The molecule has 1 atom stereocenters. The van der Waals surface area contributed by atoms with Crippen LogP contribution in [-0.4, -0.2) is 57.8 Å². The van der Waals surface area contributed by atoms with Gasteiger partial charge >= 0.3 is 5.97 Å². The normalized spacial score (nSPS) is 22.1. The number of allylic oxidation sites excluding steroid dienone is 1. The molecule has 38 heavy (non-hydrogen) atoms. The zero-order chi connectivity index (χ0) is 27.4. The molecule has 0 amide bonds. The van der Waals surface area contributed by atoms with Crippen molar-refractivity contribution < 1.29 is 31.5 Å². The molecule has 1 aromatic carbocycles. The number of benzene rings is 1. The number of thiazole rings is 1. The average molecular weight is 589 g/mol. The maximum Gasteiger partial charge on any atom is 0.338 e. The van der Waals surface area contributed by atoms with Crippen molar-refractivity contribution in [1.82, 2.24) is 15.0 Å². The van der Waals surface area contributed by atoms with E-state index in [2.05, 4.69) is 20.0 Å². The van der Waals surface area contributed by atoms with Crippen molar-refractivity contribution in [2.75, 3.05) is 27.4 Å². The molecule has 1 saturated carbocycles. The standard InChI is InChI=1S/C24H27ClF2N4O5S2/c1-35-11-9-29-38(33,34)14-5-3-13(4-6-14)20-17(24(32)36-2)21(15-7-8-16(26)19(27)18(15)25)31-22(30-20)23-28-10-12-37-23/h7-8,10,12-14,21,29H,3-6,9,11H2,1-2H3,(H,30,31). The van der Waals surface area contributed by atoms with E-state index in [1.807, 2.05) is 0 Å². The van der Waals surface area contributed by atoms with Crippen molar-refractivity contribution in [1.29, 1.82) is 0 Å². The summed E-state index contributed by atoms with van der Waals surface area (Å²) in [4.78, 5) is 22.0. The second-order valence-electron chi connectivity index (χ2n) is 8.83. The number of carbonyl (C=O) groups is 1. The molecule has 1 aliphatic heterocycles. The van der Waals surface area contributed by atoms with Gasteiger partial charge in [-0.2, -0.15) is 0 Å². The minimum absolute atomic E-state index is 0.0950. The van der Waals surface area contributed by atoms with Gasteiger partial charge in [0.25, 0.3) is 0 Å². The summed E-state index contributed by atoms with van der Waals surface area (Å²) in [5.74, 6) is -3.00. The topological polar surface area (TPSA) is 119 Å². The lowest BCUT2D eigenvalue weighted by Crippen LogP contribution is -2.41. The number of esters is 1. The fourth-order valence-electron chi connectivity index (χ4n) is 4.71. The van der Waals surface area contributed by atoms with E-state index < -0.39 is 43.9 Å². The highest BCUT2D eigenvalue weighted by Gasteiger charge is 2.39. The highest BCUT2D eigenvalue weighted by atomic mass is 35.5. The van der Waals surface area contributed by atoms with E-state index in [-0.39, 0.29) is 30.2 Å². The van der Waals surface area contributed by atoms with Crippen molar-refractivity contribution in [3.05, 3.63) is 62.2 Å². The van der Waals surface area contributed by atoms with Gasteiger partial charge in [-0.3, -0.25) is 4.99 Å². The molecule has 206 valence electrons. The second-order valence-corrected chi connectivity index (χ2v) is 12.1. The van der Waals surface area contributed by atoms with Gasteiger partial charge in [0.15, 0.2) is 22.5 Å². The minimum atomic E-state index is -3.54. The highest BCUT2D eigenvalue weighted by Crippen LogP contribution is 2.42. The average Bonchev–Trinajstić information content (AvgIpc) is 3.46. The number of aliphatic imine (C=N–C) groups is 1. The molecule has 4 rings (SSSR count). The number of ether oxygens (including phenoxy) is 2. The van der Waals surface area contributed by atoms with E-state index in [0.29, 0.717) is 42.2 Å². The number of amidine groups is 1. The third-order valence-corrected chi connectivity index (χ3v) is 9.72. The molecule has 9 nitrogen and oxygen atoms in total. The Bertz CT molecular complexity index is 1340. The number of methoxy groups -OCH3 is 2. The Hall–Kier alpha value is -2.45. The summed E-state index contributed by atoms with van der Waals surface area (Å²) in [5.41, 5.74) is 0.675. The SMILES string of the molecule is COCCNS(=O)(=O)C1CCC(C2=C(C(=O)OC)C(c3ccc(F)c(F)c3Cl)N=C(c3nccs3)N2)CC1. The van der Waals surface area contributed by atoms with Crippen LogP contribution in [0.5, 0.6) is 0 Å². The fourth-order valence-corrected chi connectivity index (χ4v) is 7.05. The number of nitrogens with zero attached hydrogens (tertiary/aromatic N) is 2. The number of rotatable bonds is 9. The molecular weight excluding hydrogens is 562 g/mol. The molecule has 1 fully saturated rings. The maximum absolute atomic E-state index is 14.5. The zero-order valence-electron chi connectivity index (χ0n) is 20.7. The molecule has 1 aliphatic carbocycles. The summed E-state index contributed by atoms with van der Waals surface area (Å²) in [7, 11) is -0.836. The molecule has 2 aliphatic rings. The predicted molar refractivity (Wildman–Crippen MR) is 139 cm³/mol. The van der Waals surface area contributed by atoms with Crippen LogP contribution in [0.4, 0.5) is 8.78 Å². The van der Waals surface area contributed by atoms with Crippen LogP contribution in [0.3, 0.4) is 0 Å². The van der Waals surface area contributed by atoms with E-state index in [9.17, 15) is 22.0 Å². The van der Waals surface area contributed by atoms with Crippen LogP contribution in [0, 0.1) is 17.6 Å². The summed E-state index contributed by atoms with van der Waals surface area (Å²) in [6.07, 6.45) is 3.19. The monoisotopic (exact) mass is 588 g/mol. The van der Waals surface area contributed by atoms with Gasteiger partial charge < -0.3 is 14.8 Å². The van der Waals surface area contributed by atoms with Crippen LogP contribution in [0.15, 0.2) is 40.0 Å². The Balaban J connectivity index is 1.72. The zero-order valence-corrected chi connectivity index (χ0v) is 23.1. The number of aromatic nitrogens is 1. The number of halogens is 3. The molecule has 1 unspecified atom stereocenters. The van der Waals surface area contributed by atoms with Crippen molar-refractivity contribution in [2.24, 2.45) is 10.9 Å². The van der Waals surface area contributed by atoms with E-state index in [4.69, 9.17) is 21.1 Å². The van der Waals surface area contributed by atoms with Crippen molar-refractivity contribution in [3.63, 3.8) is 0 Å². The molecule has 0 radical (unpaired) electrons. The summed E-state index contributed by atoms with van der Waals surface area (Å²) in [5, 5.41) is 4.41. The summed E-state index contributed by atoms with van der Waals surface area (Å²) < 4.78 is 66.3. The van der Waals surface area contributed by atoms with Crippen molar-refractivity contribution in [3.8, 4) is 0 Å². The summed E-state index contributed by atoms with van der Waals surface area (Å²) >= 11 is 7.50. The summed E-state index contributed by atoms with van der Waals surface area (Å²) in [6, 6.07) is 1.12. The van der Waals surface area contributed by atoms with Crippen LogP contribution < -0.4 is 10.0 Å². The first kappa shape index (κ1) is 28.6. The smallest absolute Gasteiger partial charge is 0.338 e. The lowest BCUT2D eigenvalue weighted by Gasteiger charge is -2.35. The van der Waals surface area contributed by atoms with Gasteiger partial charge in [-0.05, 0) is 37.7 Å². The predicted octanol–water partition coefficient (Wildman–Crippen LogP) is 3.72. The first-order valence-corrected chi connectivity index (χ1v) is 14.7. The van der Waals surface area contributed by atoms with Gasteiger partial charge in [-0.15, -0.1) is 11.3 Å². The first-order valence-electron chi connectivity index (χ1n) is 11.9. The largest absolute Gasteiger partial charge is 0.466 e. The number of carbonyl (C=O) groups excluding carboxylic acids is 1. The number of hydrogen-bond acceptors (Lipinski definition) is 9. The van der Waals surface area contributed by atoms with Gasteiger partial charge in [-0.25, -0.2) is 31.7 Å². The molecular formula is C24H27ClF2N4O5S2. The van der Waals surface area contributed by atoms with Crippen LogP contribution in [-0.2, 0) is 24.3 Å². The maximum atomic E-state index is 14.5. The van der Waals surface area contributed by atoms with Crippen LogP contribution in [0.1, 0.15) is 42.3 Å². The van der Waals surface area contributed by atoms with Gasteiger partial charge in [0.05, 0.1) is 29.6 Å². The van der Waals surface area contributed by atoms with Crippen molar-refractivity contribution in [2.45, 2.75) is 37.0 Å². The Morgan fingerprint density at radius 3 is 2.61 bits per heavy atom. The summed E-state index contributed by atoms with van der Waals surface area (Å²) in [6.45, 7) is 0.447. The first-order chi connectivity index (χ1) is 18.2. The number of nitrogens with one attached hydrogen (secondary N) is 2.